The van der Waals surface area contributed by atoms with Crippen LogP contribution in [0.25, 0.3) is 11.4 Å². The normalized spacial score (nSPS) is 10.8. The summed E-state index contributed by atoms with van der Waals surface area (Å²) < 4.78 is 1.06. The van der Waals surface area contributed by atoms with Crippen LogP contribution in [-0.4, -0.2) is 22.1 Å². The maximum absolute atomic E-state index is 9.60. The highest BCUT2D eigenvalue weighted by atomic mass is 127. The highest BCUT2D eigenvalue weighted by Gasteiger charge is 2.14. The van der Waals surface area contributed by atoms with Crippen molar-refractivity contribution in [1.82, 2.24) is 9.97 Å². The number of nitrogens with zero attached hydrogens (tertiary/aromatic N) is 2. The minimum Gasteiger partial charge on any atom is -0.508 e. The molecule has 2 aromatic rings. The Hall–Kier alpha value is -1.37. The lowest BCUT2D eigenvalue weighted by molar-refractivity contribution is 0.475. The lowest BCUT2D eigenvalue weighted by atomic mass is 10.1. The molecule has 5 heteroatoms. The summed E-state index contributed by atoms with van der Waals surface area (Å²) in [5, 5.41) is 12.7. The Morgan fingerprint density at radius 3 is 2.65 bits per heavy atom. The van der Waals surface area contributed by atoms with E-state index in [1.54, 1.807) is 18.2 Å². The van der Waals surface area contributed by atoms with Gasteiger partial charge in [-0.05, 0) is 47.1 Å². The van der Waals surface area contributed by atoms with E-state index in [0.29, 0.717) is 11.7 Å². The van der Waals surface area contributed by atoms with Crippen LogP contribution in [-0.2, 0) is 6.42 Å². The number of hydrogen-bond acceptors (Lipinski definition) is 4. The summed E-state index contributed by atoms with van der Waals surface area (Å²) in [7, 11) is 1.86. The van der Waals surface area contributed by atoms with Crippen LogP contribution in [0.2, 0.25) is 0 Å². The SMILES string of the molecule is CNc1nc(-c2cccc(O)c2)nc(CC(C)C)c1I. The van der Waals surface area contributed by atoms with E-state index >= 15 is 0 Å². The predicted octanol–water partition coefficient (Wildman–Crippen LogP) is 3.69. The average Bonchev–Trinajstić information content (AvgIpc) is 2.40. The van der Waals surface area contributed by atoms with Gasteiger partial charge >= 0.3 is 0 Å². The number of phenols is 1. The molecule has 20 heavy (non-hydrogen) atoms. The second-order valence-corrected chi connectivity index (χ2v) is 6.13. The number of aromatic nitrogens is 2. The first-order valence-electron chi connectivity index (χ1n) is 6.54. The molecule has 0 radical (unpaired) electrons. The standard InChI is InChI=1S/C15H18IN3O/c1-9(2)7-12-13(16)15(17-3)19-14(18-12)10-5-4-6-11(20)8-10/h4-6,8-9,20H,7H2,1-3H3,(H,17,18,19). The van der Waals surface area contributed by atoms with Gasteiger partial charge in [-0.1, -0.05) is 26.0 Å². The molecule has 0 unspecified atom stereocenters. The summed E-state index contributed by atoms with van der Waals surface area (Å²) in [6.45, 7) is 4.34. The number of halogens is 1. The van der Waals surface area contributed by atoms with Crippen LogP contribution < -0.4 is 5.32 Å². The molecule has 0 fully saturated rings. The van der Waals surface area contributed by atoms with Gasteiger partial charge in [0.2, 0.25) is 0 Å². The maximum Gasteiger partial charge on any atom is 0.161 e. The first-order chi connectivity index (χ1) is 9.51. The second kappa shape index (κ2) is 6.39. The van der Waals surface area contributed by atoms with E-state index in [9.17, 15) is 5.11 Å². The first kappa shape index (κ1) is 15.0. The van der Waals surface area contributed by atoms with Gasteiger partial charge in [0.25, 0.3) is 0 Å². The van der Waals surface area contributed by atoms with Crippen LogP contribution >= 0.6 is 22.6 Å². The molecule has 0 saturated carbocycles. The van der Waals surface area contributed by atoms with E-state index in [1.807, 2.05) is 13.1 Å². The monoisotopic (exact) mass is 383 g/mol. The van der Waals surface area contributed by atoms with Crippen LogP contribution in [0.1, 0.15) is 19.5 Å². The third-order valence-electron chi connectivity index (χ3n) is 2.86. The number of anilines is 1. The van der Waals surface area contributed by atoms with Crippen molar-refractivity contribution >= 4 is 28.4 Å². The molecule has 0 aliphatic carbocycles. The van der Waals surface area contributed by atoms with Gasteiger partial charge in [0.1, 0.15) is 11.6 Å². The zero-order valence-corrected chi connectivity index (χ0v) is 14.0. The van der Waals surface area contributed by atoms with Gasteiger partial charge < -0.3 is 10.4 Å². The van der Waals surface area contributed by atoms with Crippen molar-refractivity contribution in [2.24, 2.45) is 5.92 Å². The van der Waals surface area contributed by atoms with Crippen molar-refractivity contribution in [3.63, 3.8) is 0 Å². The summed E-state index contributed by atoms with van der Waals surface area (Å²) in [6.07, 6.45) is 0.904. The van der Waals surface area contributed by atoms with Crippen LogP contribution in [0.4, 0.5) is 5.82 Å². The molecular weight excluding hydrogens is 365 g/mol. The molecule has 2 N–H and O–H groups in total. The van der Waals surface area contributed by atoms with Crippen LogP contribution in [0.3, 0.4) is 0 Å². The van der Waals surface area contributed by atoms with Crippen molar-refractivity contribution < 1.29 is 5.11 Å². The summed E-state index contributed by atoms with van der Waals surface area (Å²) >= 11 is 2.28. The first-order valence-corrected chi connectivity index (χ1v) is 7.62. The highest BCUT2D eigenvalue weighted by Crippen LogP contribution is 2.26. The lowest BCUT2D eigenvalue weighted by Crippen LogP contribution is -2.07. The van der Waals surface area contributed by atoms with Crippen LogP contribution in [0, 0.1) is 9.49 Å². The Morgan fingerprint density at radius 1 is 1.30 bits per heavy atom. The number of nitrogens with one attached hydrogen (secondary N) is 1. The number of aromatic hydroxyl groups is 1. The Labute approximate surface area is 132 Å². The van der Waals surface area contributed by atoms with Crippen LogP contribution in [0.5, 0.6) is 5.75 Å². The fourth-order valence-electron chi connectivity index (χ4n) is 1.96. The Morgan fingerprint density at radius 2 is 2.05 bits per heavy atom. The van der Waals surface area contributed by atoms with Gasteiger partial charge in [-0.15, -0.1) is 0 Å². The highest BCUT2D eigenvalue weighted by molar-refractivity contribution is 14.1. The zero-order chi connectivity index (χ0) is 14.7. The van der Waals surface area contributed by atoms with Crippen molar-refractivity contribution in [3.05, 3.63) is 33.5 Å². The molecule has 2 rings (SSSR count). The van der Waals surface area contributed by atoms with E-state index in [-0.39, 0.29) is 5.75 Å². The van der Waals surface area contributed by atoms with Crippen LogP contribution in [0.15, 0.2) is 24.3 Å². The Bertz CT molecular complexity index is 614. The third-order valence-corrected chi connectivity index (χ3v) is 4.00. The number of benzene rings is 1. The Kier molecular flexibility index (Phi) is 4.80. The topological polar surface area (TPSA) is 58.0 Å². The molecule has 1 aromatic heterocycles. The number of phenolic OH excluding ortho intramolecular Hbond substituents is 1. The van der Waals surface area contributed by atoms with Crippen molar-refractivity contribution in [2.45, 2.75) is 20.3 Å². The summed E-state index contributed by atoms with van der Waals surface area (Å²) in [5.74, 6) is 2.22. The minimum atomic E-state index is 0.223. The molecule has 0 aliphatic heterocycles. The largest absolute Gasteiger partial charge is 0.508 e. The van der Waals surface area contributed by atoms with Crippen molar-refractivity contribution in [3.8, 4) is 17.1 Å². The molecule has 1 heterocycles. The van der Waals surface area contributed by atoms with E-state index in [4.69, 9.17) is 0 Å². The third kappa shape index (κ3) is 3.39. The maximum atomic E-state index is 9.60. The van der Waals surface area contributed by atoms with E-state index in [0.717, 1.165) is 27.1 Å². The fraction of sp³-hybridized carbons (Fsp3) is 0.333. The van der Waals surface area contributed by atoms with E-state index in [1.165, 1.54) is 0 Å². The Balaban J connectivity index is 2.53. The summed E-state index contributed by atoms with van der Waals surface area (Å²) in [6, 6.07) is 7.03. The molecule has 106 valence electrons. The molecule has 0 amide bonds. The van der Waals surface area contributed by atoms with Crippen molar-refractivity contribution in [2.75, 3.05) is 12.4 Å². The van der Waals surface area contributed by atoms with E-state index in [2.05, 4.69) is 51.7 Å². The molecule has 0 saturated heterocycles. The molecular formula is C15H18IN3O. The fourth-order valence-corrected chi connectivity index (χ4v) is 2.69. The quantitative estimate of drug-likeness (QED) is 0.791. The smallest absolute Gasteiger partial charge is 0.161 e. The summed E-state index contributed by atoms with van der Waals surface area (Å²) in [5.41, 5.74) is 1.86. The van der Waals surface area contributed by atoms with Gasteiger partial charge in [-0.25, -0.2) is 9.97 Å². The minimum absolute atomic E-state index is 0.223. The van der Waals surface area contributed by atoms with Gasteiger partial charge in [0.15, 0.2) is 5.82 Å². The van der Waals surface area contributed by atoms with E-state index < -0.39 is 0 Å². The molecule has 0 spiro atoms. The summed E-state index contributed by atoms with van der Waals surface area (Å²) in [4.78, 5) is 9.19. The molecule has 4 nitrogen and oxygen atoms in total. The van der Waals surface area contributed by atoms with Gasteiger partial charge in [0, 0.05) is 12.6 Å². The predicted molar refractivity (Wildman–Crippen MR) is 89.9 cm³/mol. The lowest BCUT2D eigenvalue weighted by Gasteiger charge is -2.13. The number of hydrogen-bond donors (Lipinski definition) is 2. The molecule has 0 bridgehead atoms. The molecule has 0 atom stereocenters. The number of rotatable bonds is 4. The van der Waals surface area contributed by atoms with Gasteiger partial charge in [0.05, 0.1) is 9.26 Å². The molecule has 0 aliphatic rings. The zero-order valence-electron chi connectivity index (χ0n) is 11.8. The van der Waals surface area contributed by atoms with Gasteiger partial charge in [-0.3, -0.25) is 0 Å². The average molecular weight is 383 g/mol. The van der Waals surface area contributed by atoms with Crippen molar-refractivity contribution in [1.29, 1.82) is 0 Å². The van der Waals surface area contributed by atoms with Gasteiger partial charge in [-0.2, -0.15) is 0 Å². The molecule has 1 aromatic carbocycles. The second-order valence-electron chi connectivity index (χ2n) is 5.05.